The van der Waals surface area contributed by atoms with Crippen LogP contribution in [0.4, 0.5) is 39.5 Å². The number of hydrogen-bond acceptors (Lipinski definition) is 7. The van der Waals surface area contributed by atoms with Gasteiger partial charge in [0.05, 0.1) is 31.6 Å². The van der Waals surface area contributed by atoms with Gasteiger partial charge in [-0.25, -0.2) is 14.3 Å². The summed E-state index contributed by atoms with van der Waals surface area (Å²) in [6, 6.07) is 9.71. The lowest BCUT2D eigenvalue weighted by Crippen LogP contribution is -2.41. The molecule has 0 saturated carbocycles. The van der Waals surface area contributed by atoms with Crippen molar-refractivity contribution in [1.82, 2.24) is 0 Å². The van der Waals surface area contributed by atoms with Gasteiger partial charge in [-0.3, -0.25) is 0 Å². The standard InChI is InChI=1S/C31H31F9O7/c1-4-5-6-7-20-8-11-23(26(16-20)45-30(36,37)38)25-17-21-9-10-22(18-24(21)44-25)42-14-12-28(32,33)46-31(39,40)47-29(34,35)13-15-43-27(41)19(2)3/h8-11,16-18H,2,4-7,12-15H2,1,3H3. The third kappa shape index (κ3) is 12.3. The van der Waals surface area contributed by atoms with Crippen LogP contribution < -0.4 is 9.47 Å². The molecule has 1 aromatic heterocycles. The molecular weight excluding hydrogens is 655 g/mol. The maximum absolute atomic E-state index is 14.1. The smallest absolute Gasteiger partial charge is 0.493 e. The maximum Gasteiger partial charge on any atom is 0.573 e. The number of esters is 1. The van der Waals surface area contributed by atoms with E-state index < -0.39 is 62.6 Å². The normalized spacial score (nSPS) is 12.7. The summed E-state index contributed by atoms with van der Waals surface area (Å²) in [5, 5.41) is 0.401. The number of furan rings is 1. The Bertz CT molecular complexity index is 1520. The van der Waals surface area contributed by atoms with Crippen LogP contribution in [0.3, 0.4) is 0 Å². The lowest BCUT2D eigenvalue weighted by Gasteiger charge is -2.26. The van der Waals surface area contributed by atoms with E-state index in [0.29, 0.717) is 17.4 Å². The molecule has 1 heterocycles. The van der Waals surface area contributed by atoms with Gasteiger partial charge in [-0.05, 0) is 55.7 Å². The Kier molecular flexibility index (Phi) is 12.2. The van der Waals surface area contributed by atoms with Gasteiger partial charge in [0.2, 0.25) is 0 Å². The van der Waals surface area contributed by atoms with Crippen LogP contribution in [0.2, 0.25) is 0 Å². The third-order valence-electron chi connectivity index (χ3n) is 6.27. The highest BCUT2D eigenvalue weighted by atomic mass is 19.4. The quantitative estimate of drug-likeness (QED) is 0.0434. The number of carbonyl (C=O) groups excluding carboxylic acids is 1. The van der Waals surface area contributed by atoms with E-state index in [9.17, 15) is 44.3 Å². The van der Waals surface area contributed by atoms with E-state index in [0.717, 1.165) is 19.3 Å². The minimum atomic E-state index is -5.45. The summed E-state index contributed by atoms with van der Waals surface area (Å²) in [6.07, 6.45) is -19.8. The monoisotopic (exact) mass is 686 g/mol. The van der Waals surface area contributed by atoms with Crippen molar-refractivity contribution in [2.75, 3.05) is 13.2 Å². The number of halogens is 9. The first-order valence-corrected chi connectivity index (χ1v) is 14.2. The van der Waals surface area contributed by atoms with E-state index in [1.54, 1.807) is 6.07 Å². The molecule has 0 radical (unpaired) electrons. The van der Waals surface area contributed by atoms with E-state index in [2.05, 4.69) is 25.5 Å². The number of ether oxygens (including phenoxy) is 5. The number of unbranched alkanes of at least 4 members (excludes halogenated alkanes) is 2. The second kappa shape index (κ2) is 15.3. The summed E-state index contributed by atoms with van der Waals surface area (Å²) in [7, 11) is 0. The summed E-state index contributed by atoms with van der Waals surface area (Å²) < 4.78 is 148. The minimum Gasteiger partial charge on any atom is -0.493 e. The maximum atomic E-state index is 14.1. The number of rotatable bonds is 18. The highest BCUT2D eigenvalue weighted by molar-refractivity contribution is 5.87. The molecule has 0 spiro atoms. The summed E-state index contributed by atoms with van der Waals surface area (Å²) in [5.41, 5.74) is 0.569. The Morgan fingerprint density at radius 3 is 2.13 bits per heavy atom. The van der Waals surface area contributed by atoms with Crippen molar-refractivity contribution in [2.24, 2.45) is 0 Å². The van der Waals surface area contributed by atoms with Crippen LogP contribution in [0, 0.1) is 0 Å². The van der Waals surface area contributed by atoms with Gasteiger partial charge in [-0.1, -0.05) is 32.4 Å². The first-order chi connectivity index (χ1) is 21.8. The number of hydrogen-bond donors (Lipinski definition) is 0. The van der Waals surface area contributed by atoms with Gasteiger partial charge in [0.15, 0.2) is 0 Å². The van der Waals surface area contributed by atoms with Gasteiger partial charge in [0.25, 0.3) is 0 Å². The van der Waals surface area contributed by atoms with Crippen molar-refractivity contribution in [3.63, 3.8) is 0 Å². The number of alkyl halides is 9. The van der Waals surface area contributed by atoms with E-state index >= 15 is 0 Å². The van der Waals surface area contributed by atoms with Crippen LogP contribution in [0.5, 0.6) is 11.5 Å². The second-order valence-electron chi connectivity index (χ2n) is 10.4. The Labute approximate surface area is 263 Å². The molecule has 0 aliphatic rings. The fourth-order valence-electron chi connectivity index (χ4n) is 4.09. The lowest BCUT2D eigenvalue weighted by molar-refractivity contribution is -0.514. The summed E-state index contributed by atoms with van der Waals surface area (Å²) >= 11 is 0. The Balaban J connectivity index is 1.63. The second-order valence-corrected chi connectivity index (χ2v) is 10.4. The molecule has 47 heavy (non-hydrogen) atoms. The Hall–Kier alpha value is -3.92. The van der Waals surface area contributed by atoms with Crippen molar-refractivity contribution in [2.45, 2.75) is 77.2 Å². The predicted octanol–water partition coefficient (Wildman–Crippen LogP) is 9.78. The molecule has 0 aliphatic carbocycles. The van der Waals surface area contributed by atoms with Crippen LogP contribution in [-0.2, 0) is 25.4 Å². The van der Waals surface area contributed by atoms with E-state index in [4.69, 9.17) is 9.15 Å². The average molecular weight is 687 g/mol. The fourth-order valence-corrected chi connectivity index (χ4v) is 4.09. The fraction of sp³-hybridized carbons (Fsp3) is 0.452. The van der Waals surface area contributed by atoms with Gasteiger partial charge < -0.3 is 18.6 Å². The molecule has 0 bridgehead atoms. The predicted molar refractivity (Wildman–Crippen MR) is 149 cm³/mol. The van der Waals surface area contributed by atoms with Crippen molar-refractivity contribution >= 4 is 16.9 Å². The van der Waals surface area contributed by atoms with E-state index in [1.165, 1.54) is 43.3 Å². The number of fused-ring (bicyclic) bond motifs is 1. The van der Waals surface area contributed by atoms with E-state index in [1.807, 2.05) is 6.92 Å². The molecule has 16 heteroatoms. The molecule has 260 valence electrons. The first-order valence-electron chi connectivity index (χ1n) is 14.2. The molecule has 0 aliphatic heterocycles. The van der Waals surface area contributed by atoms with Crippen LogP contribution in [-0.4, -0.2) is 44.1 Å². The minimum absolute atomic E-state index is 0.00127. The molecule has 3 aromatic rings. The van der Waals surface area contributed by atoms with Crippen molar-refractivity contribution < 1.29 is 72.4 Å². The molecule has 7 nitrogen and oxygen atoms in total. The van der Waals surface area contributed by atoms with Crippen LogP contribution in [0.25, 0.3) is 22.3 Å². The number of aryl methyl sites for hydroxylation is 1. The highest BCUT2D eigenvalue weighted by Gasteiger charge is 2.52. The molecule has 0 N–H and O–H groups in total. The SMILES string of the molecule is C=C(C)C(=O)OCCC(F)(F)OC(F)(F)OC(F)(F)CCOc1ccc2cc(-c3ccc(CCCCC)cc3OC(F)(F)F)oc2c1. The Morgan fingerprint density at radius 1 is 0.851 bits per heavy atom. The largest absolute Gasteiger partial charge is 0.573 e. The molecule has 0 atom stereocenters. The van der Waals surface area contributed by atoms with E-state index in [-0.39, 0.29) is 28.2 Å². The van der Waals surface area contributed by atoms with Crippen molar-refractivity contribution in [3.8, 4) is 22.8 Å². The molecule has 0 amide bonds. The van der Waals surface area contributed by atoms with Crippen molar-refractivity contribution in [1.29, 1.82) is 0 Å². The molecule has 0 saturated heterocycles. The zero-order chi connectivity index (χ0) is 35.0. The molecule has 3 rings (SSSR count). The van der Waals surface area contributed by atoms with Crippen LogP contribution in [0.15, 0.2) is 59.0 Å². The molecular formula is C31H31F9O7. The van der Waals surface area contributed by atoms with Gasteiger partial charge in [-0.2, -0.15) is 17.6 Å². The highest BCUT2D eigenvalue weighted by Crippen LogP contribution is 2.39. The zero-order valence-corrected chi connectivity index (χ0v) is 25.2. The summed E-state index contributed by atoms with van der Waals surface area (Å²) in [6.45, 7) is 4.38. The summed E-state index contributed by atoms with van der Waals surface area (Å²) in [5.74, 6) is -1.64. The zero-order valence-electron chi connectivity index (χ0n) is 25.2. The molecule has 0 fully saturated rings. The van der Waals surface area contributed by atoms with Crippen LogP contribution in [0.1, 0.15) is 51.5 Å². The lowest BCUT2D eigenvalue weighted by atomic mass is 10.0. The van der Waals surface area contributed by atoms with Gasteiger partial charge in [0.1, 0.15) is 22.8 Å². The Morgan fingerprint density at radius 2 is 1.51 bits per heavy atom. The number of benzene rings is 2. The van der Waals surface area contributed by atoms with Gasteiger partial charge in [-0.15, -0.1) is 22.0 Å². The van der Waals surface area contributed by atoms with Gasteiger partial charge in [0, 0.05) is 17.0 Å². The molecule has 2 aromatic carbocycles. The third-order valence-corrected chi connectivity index (χ3v) is 6.27. The van der Waals surface area contributed by atoms with Crippen molar-refractivity contribution in [3.05, 3.63) is 60.2 Å². The summed E-state index contributed by atoms with van der Waals surface area (Å²) in [4.78, 5) is 11.2. The number of carbonyl (C=O) groups is 1. The molecule has 0 unspecified atom stereocenters. The van der Waals surface area contributed by atoms with Crippen LogP contribution >= 0.6 is 0 Å². The first kappa shape index (κ1) is 37.5. The van der Waals surface area contributed by atoms with Gasteiger partial charge >= 0.3 is 30.8 Å². The average Bonchev–Trinajstić information content (AvgIpc) is 3.34. The topological polar surface area (TPSA) is 76.4 Å².